The zero-order chi connectivity index (χ0) is 13.7. The second kappa shape index (κ2) is 5.83. The number of nitrogens with one attached hydrogen (secondary N) is 2. The van der Waals surface area contributed by atoms with Crippen molar-refractivity contribution >= 4 is 17.3 Å². The third-order valence-corrected chi connectivity index (χ3v) is 2.43. The molecule has 2 aromatic heterocycles. The van der Waals surface area contributed by atoms with E-state index in [4.69, 9.17) is 10.3 Å². The third-order valence-electron chi connectivity index (χ3n) is 2.43. The SMILES string of the molecule is NNc1cc([N+](=O)[O-])cc(NCCc2ccco2)n1. The Hall–Kier alpha value is -2.61. The molecule has 0 spiro atoms. The first-order chi connectivity index (χ1) is 9.19. The molecule has 0 bridgehead atoms. The number of aromatic nitrogens is 1. The van der Waals surface area contributed by atoms with Crippen LogP contribution in [0.2, 0.25) is 0 Å². The maximum absolute atomic E-state index is 10.7. The molecule has 0 aliphatic carbocycles. The van der Waals surface area contributed by atoms with Crippen LogP contribution in [-0.4, -0.2) is 16.5 Å². The minimum absolute atomic E-state index is 0.0801. The summed E-state index contributed by atoms with van der Waals surface area (Å²) in [5, 5.41) is 13.7. The van der Waals surface area contributed by atoms with Crippen LogP contribution in [0.4, 0.5) is 17.3 Å². The Balaban J connectivity index is 2.02. The number of nitro groups is 1. The topological polar surface area (TPSA) is 119 Å². The first-order valence-corrected chi connectivity index (χ1v) is 5.58. The zero-order valence-electron chi connectivity index (χ0n) is 10.00. The Morgan fingerprint density at radius 3 is 2.84 bits per heavy atom. The van der Waals surface area contributed by atoms with Crippen LogP contribution in [0.1, 0.15) is 5.76 Å². The Morgan fingerprint density at radius 1 is 1.42 bits per heavy atom. The van der Waals surface area contributed by atoms with Crippen molar-refractivity contribution in [1.82, 2.24) is 4.98 Å². The van der Waals surface area contributed by atoms with Crippen molar-refractivity contribution < 1.29 is 9.34 Å². The van der Waals surface area contributed by atoms with E-state index in [1.54, 1.807) is 12.3 Å². The molecule has 2 heterocycles. The number of furan rings is 1. The van der Waals surface area contributed by atoms with Crippen molar-refractivity contribution in [2.75, 3.05) is 17.3 Å². The predicted molar refractivity (Wildman–Crippen MR) is 69.6 cm³/mol. The summed E-state index contributed by atoms with van der Waals surface area (Å²) in [6.45, 7) is 0.547. The highest BCUT2D eigenvalue weighted by Crippen LogP contribution is 2.19. The number of hydrogen-bond acceptors (Lipinski definition) is 7. The summed E-state index contributed by atoms with van der Waals surface area (Å²) < 4.78 is 5.18. The van der Waals surface area contributed by atoms with E-state index in [9.17, 15) is 10.1 Å². The molecule has 19 heavy (non-hydrogen) atoms. The molecular weight excluding hydrogens is 250 g/mol. The van der Waals surface area contributed by atoms with E-state index in [2.05, 4.69) is 15.7 Å². The fourth-order valence-electron chi connectivity index (χ4n) is 1.55. The zero-order valence-corrected chi connectivity index (χ0v) is 10.00. The molecule has 0 aliphatic rings. The van der Waals surface area contributed by atoms with Crippen molar-refractivity contribution in [2.24, 2.45) is 5.84 Å². The minimum atomic E-state index is -0.500. The molecule has 8 heteroatoms. The lowest BCUT2D eigenvalue weighted by Crippen LogP contribution is -2.12. The molecule has 0 fully saturated rings. The van der Waals surface area contributed by atoms with Crippen LogP contribution in [-0.2, 0) is 6.42 Å². The Kier molecular flexibility index (Phi) is 3.94. The lowest BCUT2D eigenvalue weighted by Gasteiger charge is -2.06. The summed E-state index contributed by atoms with van der Waals surface area (Å²) in [4.78, 5) is 14.3. The van der Waals surface area contributed by atoms with Crippen LogP contribution in [0.5, 0.6) is 0 Å². The largest absolute Gasteiger partial charge is 0.469 e. The van der Waals surface area contributed by atoms with Gasteiger partial charge in [-0.15, -0.1) is 0 Å². The molecule has 0 radical (unpaired) electrons. The van der Waals surface area contributed by atoms with Crippen LogP contribution >= 0.6 is 0 Å². The Labute approximate surface area is 108 Å². The van der Waals surface area contributed by atoms with Gasteiger partial charge in [-0.2, -0.15) is 0 Å². The van der Waals surface area contributed by atoms with Crippen molar-refractivity contribution in [3.8, 4) is 0 Å². The fraction of sp³-hybridized carbons (Fsp3) is 0.182. The molecule has 0 saturated heterocycles. The number of hydrogen-bond donors (Lipinski definition) is 3. The van der Waals surface area contributed by atoms with E-state index in [1.165, 1.54) is 12.1 Å². The lowest BCUT2D eigenvalue weighted by molar-refractivity contribution is -0.384. The molecule has 2 aromatic rings. The van der Waals surface area contributed by atoms with E-state index in [0.29, 0.717) is 18.8 Å². The number of anilines is 2. The fourth-order valence-corrected chi connectivity index (χ4v) is 1.55. The lowest BCUT2D eigenvalue weighted by atomic mass is 10.3. The van der Waals surface area contributed by atoms with E-state index < -0.39 is 4.92 Å². The van der Waals surface area contributed by atoms with Gasteiger partial charge in [0.1, 0.15) is 17.4 Å². The van der Waals surface area contributed by atoms with Crippen LogP contribution in [0, 0.1) is 10.1 Å². The number of pyridine rings is 1. The molecule has 0 saturated carbocycles. The Morgan fingerprint density at radius 2 is 2.21 bits per heavy atom. The number of nitrogens with two attached hydrogens (primary N) is 1. The quantitative estimate of drug-likeness (QED) is 0.410. The summed E-state index contributed by atoms with van der Waals surface area (Å²) in [7, 11) is 0. The van der Waals surface area contributed by atoms with Gasteiger partial charge in [0.05, 0.1) is 23.3 Å². The van der Waals surface area contributed by atoms with Gasteiger partial charge in [-0.05, 0) is 12.1 Å². The van der Waals surface area contributed by atoms with Gasteiger partial charge in [0.25, 0.3) is 5.69 Å². The molecule has 100 valence electrons. The van der Waals surface area contributed by atoms with E-state index >= 15 is 0 Å². The molecule has 0 aliphatic heterocycles. The van der Waals surface area contributed by atoms with E-state index in [0.717, 1.165) is 5.76 Å². The maximum Gasteiger partial charge on any atom is 0.276 e. The summed E-state index contributed by atoms with van der Waals surface area (Å²) in [6.07, 6.45) is 2.25. The van der Waals surface area contributed by atoms with Crippen LogP contribution < -0.4 is 16.6 Å². The van der Waals surface area contributed by atoms with E-state index in [1.807, 2.05) is 6.07 Å². The van der Waals surface area contributed by atoms with Gasteiger partial charge in [-0.25, -0.2) is 10.8 Å². The molecule has 0 atom stereocenters. The standard InChI is InChI=1S/C11H13N5O3/c12-15-11-7-8(16(17)18)6-10(14-11)13-4-3-9-2-1-5-19-9/h1-2,5-7H,3-4,12H2,(H2,13,14,15). The molecule has 0 amide bonds. The smallest absolute Gasteiger partial charge is 0.276 e. The maximum atomic E-state index is 10.7. The number of nitrogen functional groups attached to an aromatic ring is 1. The molecule has 0 aromatic carbocycles. The van der Waals surface area contributed by atoms with Crippen LogP contribution in [0.25, 0.3) is 0 Å². The molecule has 4 N–H and O–H groups in total. The second-order valence-corrected chi connectivity index (χ2v) is 3.75. The molecular formula is C11H13N5O3. The average molecular weight is 263 g/mol. The summed E-state index contributed by atoms with van der Waals surface area (Å²) in [5.41, 5.74) is 2.21. The first-order valence-electron chi connectivity index (χ1n) is 5.58. The molecule has 2 rings (SSSR count). The predicted octanol–water partition coefficient (Wildman–Crippen LogP) is 1.52. The summed E-state index contributed by atoms with van der Waals surface area (Å²) in [6, 6.07) is 6.27. The summed E-state index contributed by atoms with van der Waals surface area (Å²) >= 11 is 0. The van der Waals surface area contributed by atoms with Crippen molar-refractivity contribution in [2.45, 2.75) is 6.42 Å². The number of nitrogens with zero attached hydrogens (tertiary/aromatic N) is 2. The number of rotatable bonds is 6. The Bertz CT molecular complexity index is 555. The normalized spacial score (nSPS) is 10.2. The molecule has 8 nitrogen and oxygen atoms in total. The van der Waals surface area contributed by atoms with Gasteiger partial charge in [0.15, 0.2) is 0 Å². The van der Waals surface area contributed by atoms with Gasteiger partial charge in [0, 0.05) is 13.0 Å². The van der Waals surface area contributed by atoms with Gasteiger partial charge in [-0.3, -0.25) is 10.1 Å². The van der Waals surface area contributed by atoms with Crippen molar-refractivity contribution in [3.63, 3.8) is 0 Å². The van der Waals surface area contributed by atoms with Crippen LogP contribution in [0.15, 0.2) is 34.9 Å². The summed E-state index contributed by atoms with van der Waals surface area (Å²) in [5.74, 6) is 6.66. The van der Waals surface area contributed by atoms with Crippen molar-refractivity contribution in [3.05, 3.63) is 46.4 Å². The highest BCUT2D eigenvalue weighted by molar-refractivity contribution is 5.54. The van der Waals surface area contributed by atoms with Crippen molar-refractivity contribution in [1.29, 1.82) is 0 Å². The number of hydrazine groups is 1. The van der Waals surface area contributed by atoms with Gasteiger partial charge >= 0.3 is 0 Å². The van der Waals surface area contributed by atoms with Crippen LogP contribution in [0.3, 0.4) is 0 Å². The average Bonchev–Trinajstić information content (AvgIpc) is 2.91. The monoisotopic (exact) mass is 263 g/mol. The first kappa shape index (κ1) is 12.8. The van der Waals surface area contributed by atoms with Gasteiger partial charge in [-0.1, -0.05) is 0 Å². The van der Waals surface area contributed by atoms with Gasteiger partial charge in [0.2, 0.25) is 0 Å². The highest BCUT2D eigenvalue weighted by Gasteiger charge is 2.10. The minimum Gasteiger partial charge on any atom is -0.469 e. The van der Waals surface area contributed by atoms with Gasteiger partial charge < -0.3 is 15.2 Å². The molecule has 0 unspecified atom stereocenters. The second-order valence-electron chi connectivity index (χ2n) is 3.75. The highest BCUT2D eigenvalue weighted by atomic mass is 16.6. The third kappa shape index (κ3) is 3.42. The van der Waals surface area contributed by atoms with E-state index in [-0.39, 0.29) is 11.5 Å².